The standard InChI is InChI=1S/C51H92O5/c1-4-7-10-13-16-19-22-24-25-26-27-28-30-32-35-38-41-44-50(52)55-48-49(47-54-46-43-40-37-34-31-23-20-17-14-11-8-5-2)56-51(53)45-42-39-36-33-29-21-18-15-12-9-6-3/h7,10,16,19,24-25,27-28,49H,4-6,8-9,11-15,17-18,20-23,26,29-48H2,1-3H3/b10-7-,19-16-,25-24-,28-27-. The minimum atomic E-state index is -0.539. The molecule has 5 nitrogen and oxygen atoms in total. The average Bonchev–Trinajstić information content (AvgIpc) is 3.20. The summed E-state index contributed by atoms with van der Waals surface area (Å²) in [4.78, 5) is 25.3. The van der Waals surface area contributed by atoms with Crippen molar-refractivity contribution in [1.29, 1.82) is 0 Å². The summed E-state index contributed by atoms with van der Waals surface area (Å²) >= 11 is 0. The van der Waals surface area contributed by atoms with Crippen molar-refractivity contribution in [3.05, 3.63) is 48.6 Å². The lowest BCUT2D eigenvalue weighted by Crippen LogP contribution is -2.30. The lowest BCUT2D eigenvalue weighted by atomic mass is 10.1. The third kappa shape index (κ3) is 44.6. The molecule has 0 aliphatic rings. The van der Waals surface area contributed by atoms with Crippen molar-refractivity contribution < 1.29 is 23.8 Å². The predicted octanol–water partition coefficient (Wildman–Crippen LogP) is 16.0. The van der Waals surface area contributed by atoms with Gasteiger partial charge in [0.15, 0.2) is 6.10 Å². The van der Waals surface area contributed by atoms with Crippen LogP contribution in [-0.2, 0) is 23.8 Å². The van der Waals surface area contributed by atoms with Crippen molar-refractivity contribution in [3.63, 3.8) is 0 Å². The molecule has 0 saturated heterocycles. The maximum Gasteiger partial charge on any atom is 0.306 e. The Morgan fingerprint density at radius 3 is 1.29 bits per heavy atom. The third-order valence-corrected chi connectivity index (χ3v) is 10.4. The van der Waals surface area contributed by atoms with Crippen LogP contribution in [0.4, 0.5) is 0 Å². The molecule has 0 rings (SSSR count). The number of carbonyl (C=O) groups is 2. The molecule has 1 unspecified atom stereocenters. The van der Waals surface area contributed by atoms with Crippen LogP contribution in [-0.4, -0.2) is 37.9 Å². The molecule has 0 aliphatic carbocycles. The fourth-order valence-electron chi connectivity index (χ4n) is 6.80. The van der Waals surface area contributed by atoms with Crippen LogP contribution in [0.5, 0.6) is 0 Å². The van der Waals surface area contributed by atoms with E-state index in [1.165, 1.54) is 122 Å². The largest absolute Gasteiger partial charge is 0.462 e. The van der Waals surface area contributed by atoms with Crippen LogP contribution in [0.2, 0.25) is 0 Å². The molecule has 0 aromatic carbocycles. The first-order valence-electron chi connectivity index (χ1n) is 24.2. The number of rotatable bonds is 44. The van der Waals surface area contributed by atoms with Crippen molar-refractivity contribution in [2.75, 3.05) is 19.8 Å². The van der Waals surface area contributed by atoms with E-state index in [-0.39, 0.29) is 25.2 Å². The summed E-state index contributed by atoms with van der Waals surface area (Å²) in [5.74, 6) is -0.416. The monoisotopic (exact) mass is 785 g/mol. The molecule has 1 atom stereocenters. The molecule has 0 spiro atoms. The second-order valence-electron chi connectivity index (χ2n) is 16.0. The number of ether oxygens (including phenoxy) is 3. The Morgan fingerprint density at radius 1 is 0.411 bits per heavy atom. The summed E-state index contributed by atoms with van der Waals surface area (Å²) in [6.07, 6.45) is 56.8. The molecule has 0 radical (unpaired) electrons. The summed E-state index contributed by atoms with van der Waals surface area (Å²) in [6, 6.07) is 0. The second-order valence-corrected chi connectivity index (χ2v) is 16.0. The summed E-state index contributed by atoms with van der Waals surface area (Å²) < 4.78 is 17.3. The van der Waals surface area contributed by atoms with E-state index in [9.17, 15) is 9.59 Å². The molecule has 0 aromatic rings. The van der Waals surface area contributed by atoms with Gasteiger partial charge in [-0.2, -0.15) is 0 Å². The van der Waals surface area contributed by atoms with Crippen LogP contribution in [0.1, 0.15) is 239 Å². The molecular weight excluding hydrogens is 693 g/mol. The Balaban J connectivity index is 4.26. The van der Waals surface area contributed by atoms with Gasteiger partial charge in [0, 0.05) is 19.4 Å². The molecule has 0 bridgehead atoms. The van der Waals surface area contributed by atoms with E-state index in [4.69, 9.17) is 14.2 Å². The van der Waals surface area contributed by atoms with Gasteiger partial charge in [-0.05, 0) is 57.8 Å². The van der Waals surface area contributed by atoms with E-state index in [1.54, 1.807) is 0 Å². The van der Waals surface area contributed by atoms with E-state index in [0.29, 0.717) is 19.4 Å². The van der Waals surface area contributed by atoms with Crippen molar-refractivity contribution in [3.8, 4) is 0 Å². The predicted molar refractivity (Wildman–Crippen MR) is 242 cm³/mol. The maximum absolute atomic E-state index is 12.7. The van der Waals surface area contributed by atoms with Crippen LogP contribution in [0.3, 0.4) is 0 Å². The van der Waals surface area contributed by atoms with Gasteiger partial charge in [-0.1, -0.05) is 217 Å². The highest BCUT2D eigenvalue weighted by Crippen LogP contribution is 2.14. The smallest absolute Gasteiger partial charge is 0.306 e. The van der Waals surface area contributed by atoms with Gasteiger partial charge in [0.1, 0.15) is 6.61 Å². The van der Waals surface area contributed by atoms with Gasteiger partial charge < -0.3 is 14.2 Å². The molecule has 326 valence electrons. The van der Waals surface area contributed by atoms with E-state index in [1.807, 2.05) is 0 Å². The molecular formula is C51H92O5. The first kappa shape index (κ1) is 53.9. The molecule has 56 heavy (non-hydrogen) atoms. The molecule has 0 fully saturated rings. The molecule has 5 heteroatoms. The van der Waals surface area contributed by atoms with Crippen LogP contribution in [0.25, 0.3) is 0 Å². The lowest BCUT2D eigenvalue weighted by molar-refractivity contribution is -0.163. The quantitative estimate of drug-likeness (QED) is 0.0350. The zero-order chi connectivity index (χ0) is 40.7. The first-order valence-corrected chi connectivity index (χ1v) is 24.2. The minimum Gasteiger partial charge on any atom is -0.462 e. The van der Waals surface area contributed by atoms with Gasteiger partial charge in [-0.3, -0.25) is 9.59 Å². The van der Waals surface area contributed by atoms with Gasteiger partial charge in [-0.15, -0.1) is 0 Å². The van der Waals surface area contributed by atoms with Gasteiger partial charge in [0.05, 0.1) is 6.61 Å². The number of hydrogen-bond acceptors (Lipinski definition) is 5. The number of carbonyl (C=O) groups excluding carboxylic acids is 2. The van der Waals surface area contributed by atoms with Crippen LogP contribution < -0.4 is 0 Å². The number of allylic oxidation sites excluding steroid dienone is 8. The molecule has 0 heterocycles. The van der Waals surface area contributed by atoms with Crippen molar-refractivity contribution in [2.45, 2.75) is 245 Å². The van der Waals surface area contributed by atoms with Crippen LogP contribution in [0, 0.1) is 0 Å². The molecule has 0 N–H and O–H groups in total. The summed E-state index contributed by atoms with van der Waals surface area (Å²) in [7, 11) is 0. The Bertz CT molecular complexity index is 935. The highest BCUT2D eigenvalue weighted by molar-refractivity contribution is 5.70. The van der Waals surface area contributed by atoms with Gasteiger partial charge in [-0.25, -0.2) is 0 Å². The number of hydrogen-bond donors (Lipinski definition) is 0. The molecule has 0 amide bonds. The molecule has 0 saturated carbocycles. The van der Waals surface area contributed by atoms with E-state index >= 15 is 0 Å². The summed E-state index contributed by atoms with van der Waals surface area (Å²) in [5, 5.41) is 0. The van der Waals surface area contributed by atoms with Gasteiger partial charge >= 0.3 is 11.9 Å². The molecule has 0 aliphatic heterocycles. The SMILES string of the molecule is CC/C=C\C/C=C\C/C=C\C/C=C\CCCCCCC(=O)OCC(COCCCCCCCCCCCCCC)OC(=O)CCCCCCCCCCCCC. The fourth-order valence-corrected chi connectivity index (χ4v) is 6.80. The average molecular weight is 785 g/mol. The third-order valence-electron chi connectivity index (χ3n) is 10.4. The van der Waals surface area contributed by atoms with Gasteiger partial charge in [0.2, 0.25) is 0 Å². The van der Waals surface area contributed by atoms with Crippen LogP contribution in [0.15, 0.2) is 48.6 Å². The Kier molecular flexibility index (Phi) is 45.4. The van der Waals surface area contributed by atoms with Gasteiger partial charge in [0.25, 0.3) is 0 Å². The number of esters is 2. The minimum absolute atomic E-state index is 0.0765. The summed E-state index contributed by atoms with van der Waals surface area (Å²) in [5.41, 5.74) is 0. The normalized spacial score (nSPS) is 12.6. The number of unbranched alkanes of at least 4 members (excludes halogenated alkanes) is 25. The van der Waals surface area contributed by atoms with E-state index in [2.05, 4.69) is 69.4 Å². The fraction of sp³-hybridized carbons (Fsp3) is 0.804. The Morgan fingerprint density at radius 2 is 0.804 bits per heavy atom. The second kappa shape index (κ2) is 47.2. The molecule has 0 aromatic heterocycles. The summed E-state index contributed by atoms with van der Waals surface area (Å²) in [6.45, 7) is 7.71. The topological polar surface area (TPSA) is 61.8 Å². The zero-order valence-corrected chi connectivity index (χ0v) is 37.4. The van der Waals surface area contributed by atoms with Crippen molar-refractivity contribution >= 4 is 11.9 Å². The van der Waals surface area contributed by atoms with E-state index in [0.717, 1.165) is 83.5 Å². The Hall–Kier alpha value is -2.14. The zero-order valence-electron chi connectivity index (χ0n) is 37.4. The lowest BCUT2D eigenvalue weighted by Gasteiger charge is -2.18. The van der Waals surface area contributed by atoms with Crippen LogP contribution >= 0.6 is 0 Å². The highest BCUT2D eigenvalue weighted by Gasteiger charge is 2.17. The van der Waals surface area contributed by atoms with E-state index < -0.39 is 6.10 Å². The van der Waals surface area contributed by atoms with Crippen molar-refractivity contribution in [1.82, 2.24) is 0 Å². The maximum atomic E-state index is 12.7. The Labute approximate surface area is 348 Å². The highest BCUT2D eigenvalue weighted by atomic mass is 16.6. The van der Waals surface area contributed by atoms with Crippen molar-refractivity contribution in [2.24, 2.45) is 0 Å². The first-order chi connectivity index (χ1) is 27.6.